The van der Waals surface area contributed by atoms with Gasteiger partial charge in [0.2, 0.25) is 0 Å². The van der Waals surface area contributed by atoms with Gasteiger partial charge >= 0.3 is 10.1 Å². The molecule has 0 aliphatic rings. The Kier molecular flexibility index (Phi) is 4.31. The zero-order valence-corrected chi connectivity index (χ0v) is 13.0. The topological polar surface area (TPSA) is 52.6 Å². The fourth-order valence-electron chi connectivity index (χ4n) is 1.41. The van der Waals surface area contributed by atoms with Crippen molar-refractivity contribution >= 4 is 32.7 Å². The van der Waals surface area contributed by atoms with Gasteiger partial charge in [0.1, 0.15) is 16.4 Å². The van der Waals surface area contributed by atoms with E-state index >= 15 is 0 Å². The van der Waals surface area contributed by atoms with Crippen LogP contribution in [0.5, 0.6) is 11.5 Å². The monoisotopic (exact) mass is 390 g/mol. The molecule has 0 N–H and O–H groups in total. The molecule has 0 heterocycles. The highest BCUT2D eigenvalue weighted by Gasteiger charge is 2.16. The molecular weight excluding hydrogens is 379 g/mol. The molecule has 6 heteroatoms. The second kappa shape index (κ2) is 5.79. The summed E-state index contributed by atoms with van der Waals surface area (Å²) in [7, 11) is -2.25. The molecule has 0 fully saturated rings. The molecule has 0 spiro atoms. The lowest BCUT2D eigenvalue weighted by molar-refractivity contribution is 0.413. The zero-order valence-electron chi connectivity index (χ0n) is 10.0. The van der Waals surface area contributed by atoms with Crippen LogP contribution < -0.4 is 8.92 Å². The standard InChI is InChI=1S/C13H11IO4S/c1-17-11-4-6-12(7-5-11)18-19(15,16)13-8-2-10(14)3-9-13/h2-9H,1H3. The lowest BCUT2D eigenvalue weighted by atomic mass is 10.3. The van der Waals surface area contributed by atoms with Gasteiger partial charge in [-0.05, 0) is 71.1 Å². The van der Waals surface area contributed by atoms with Crippen LogP contribution in [-0.4, -0.2) is 15.5 Å². The van der Waals surface area contributed by atoms with Crippen molar-refractivity contribution in [1.29, 1.82) is 0 Å². The van der Waals surface area contributed by atoms with Crippen molar-refractivity contribution in [2.45, 2.75) is 4.90 Å². The molecule has 0 aliphatic heterocycles. The lowest BCUT2D eigenvalue weighted by Gasteiger charge is -2.07. The second-order valence-electron chi connectivity index (χ2n) is 3.67. The van der Waals surface area contributed by atoms with Gasteiger partial charge in [0.25, 0.3) is 0 Å². The highest BCUT2D eigenvalue weighted by atomic mass is 127. The highest BCUT2D eigenvalue weighted by Crippen LogP contribution is 2.22. The summed E-state index contributed by atoms with van der Waals surface area (Å²) in [5.41, 5.74) is 0. The van der Waals surface area contributed by atoms with Crippen molar-refractivity contribution in [2.24, 2.45) is 0 Å². The van der Waals surface area contributed by atoms with Crippen LogP contribution in [0.25, 0.3) is 0 Å². The van der Waals surface area contributed by atoms with Crippen molar-refractivity contribution in [1.82, 2.24) is 0 Å². The molecule has 0 aromatic heterocycles. The normalized spacial score (nSPS) is 11.1. The summed E-state index contributed by atoms with van der Waals surface area (Å²) in [6.45, 7) is 0. The van der Waals surface area contributed by atoms with Gasteiger partial charge in [-0.25, -0.2) is 0 Å². The van der Waals surface area contributed by atoms with E-state index in [4.69, 9.17) is 8.92 Å². The Morgan fingerprint density at radius 2 is 1.42 bits per heavy atom. The molecule has 0 aliphatic carbocycles. The highest BCUT2D eigenvalue weighted by molar-refractivity contribution is 14.1. The average Bonchev–Trinajstić information content (AvgIpc) is 2.40. The van der Waals surface area contributed by atoms with Crippen LogP contribution >= 0.6 is 22.6 Å². The van der Waals surface area contributed by atoms with Crippen LogP contribution in [0.1, 0.15) is 0 Å². The molecular formula is C13H11IO4S. The molecule has 100 valence electrons. The van der Waals surface area contributed by atoms with Gasteiger partial charge in [-0.15, -0.1) is 0 Å². The quantitative estimate of drug-likeness (QED) is 0.595. The van der Waals surface area contributed by atoms with Crippen LogP contribution in [0, 0.1) is 3.57 Å². The first-order chi connectivity index (χ1) is 9.01. The maximum Gasteiger partial charge on any atom is 0.339 e. The van der Waals surface area contributed by atoms with Crippen molar-refractivity contribution in [2.75, 3.05) is 7.11 Å². The summed E-state index contributed by atoms with van der Waals surface area (Å²) in [4.78, 5) is 0.128. The van der Waals surface area contributed by atoms with E-state index in [-0.39, 0.29) is 10.6 Å². The Bertz CT molecular complexity index is 648. The van der Waals surface area contributed by atoms with Crippen LogP contribution in [0.2, 0.25) is 0 Å². The lowest BCUT2D eigenvalue weighted by Crippen LogP contribution is -2.09. The summed E-state index contributed by atoms with van der Waals surface area (Å²) >= 11 is 2.11. The van der Waals surface area contributed by atoms with Crippen LogP contribution in [0.4, 0.5) is 0 Å². The molecule has 0 unspecified atom stereocenters. The summed E-state index contributed by atoms with van der Waals surface area (Å²) < 4.78 is 35.0. The minimum Gasteiger partial charge on any atom is -0.497 e. The van der Waals surface area contributed by atoms with Gasteiger partial charge in [-0.3, -0.25) is 0 Å². The molecule has 19 heavy (non-hydrogen) atoms. The molecule has 0 amide bonds. The van der Waals surface area contributed by atoms with E-state index in [0.29, 0.717) is 5.75 Å². The number of ether oxygens (including phenoxy) is 1. The molecule has 0 saturated carbocycles. The van der Waals surface area contributed by atoms with Gasteiger partial charge in [0, 0.05) is 3.57 Å². The second-order valence-corrected chi connectivity index (χ2v) is 6.46. The molecule has 0 atom stereocenters. The first-order valence-corrected chi connectivity index (χ1v) is 7.84. The van der Waals surface area contributed by atoms with Gasteiger partial charge in [-0.1, -0.05) is 0 Å². The fraction of sp³-hybridized carbons (Fsp3) is 0.0769. The minimum atomic E-state index is -3.79. The third kappa shape index (κ3) is 3.60. The Labute approximate surface area is 125 Å². The first kappa shape index (κ1) is 14.1. The van der Waals surface area contributed by atoms with Gasteiger partial charge in [0.05, 0.1) is 7.11 Å². The average molecular weight is 390 g/mol. The van der Waals surface area contributed by atoms with Gasteiger partial charge in [-0.2, -0.15) is 8.42 Å². The Morgan fingerprint density at radius 3 is 1.95 bits per heavy atom. The molecule has 0 saturated heterocycles. The Morgan fingerprint density at radius 1 is 0.895 bits per heavy atom. The molecule has 0 bridgehead atoms. The third-order valence-electron chi connectivity index (χ3n) is 2.37. The zero-order chi connectivity index (χ0) is 13.9. The summed E-state index contributed by atoms with van der Waals surface area (Å²) in [5, 5.41) is 0. The summed E-state index contributed by atoms with van der Waals surface area (Å²) in [6, 6.07) is 12.8. The Balaban J connectivity index is 2.23. The minimum absolute atomic E-state index is 0.128. The van der Waals surface area contributed by atoms with Gasteiger partial charge < -0.3 is 8.92 Å². The van der Waals surface area contributed by atoms with E-state index < -0.39 is 10.1 Å². The summed E-state index contributed by atoms with van der Waals surface area (Å²) in [6.07, 6.45) is 0. The van der Waals surface area contributed by atoms with Crippen molar-refractivity contribution < 1.29 is 17.3 Å². The summed E-state index contributed by atoms with van der Waals surface area (Å²) in [5.74, 6) is 0.887. The van der Waals surface area contributed by atoms with Crippen LogP contribution in [0.3, 0.4) is 0 Å². The van der Waals surface area contributed by atoms with Crippen molar-refractivity contribution in [3.05, 3.63) is 52.1 Å². The predicted molar refractivity (Wildman–Crippen MR) is 80.0 cm³/mol. The SMILES string of the molecule is COc1ccc(OS(=O)(=O)c2ccc(I)cc2)cc1. The number of hydrogen-bond acceptors (Lipinski definition) is 4. The number of benzene rings is 2. The van der Waals surface area contributed by atoms with Crippen molar-refractivity contribution in [3.8, 4) is 11.5 Å². The van der Waals surface area contributed by atoms with Gasteiger partial charge in [0.15, 0.2) is 0 Å². The predicted octanol–water partition coefficient (Wildman–Crippen LogP) is 3.07. The Hall–Kier alpha value is -1.28. The maximum atomic E-state index is 12.0. The van der Waals surface area contributed by atoms with E-state index in [0.717, 1.165) is 3.57 Å². The van der Waals surface area contributed by atoms with E-state index in [1.165, 1.54) is 19.2 Å². The van der Waals surface area contributed by atoms with Crippen molar-refractivity contribution in [3.63, 3.8) is 0 Å². The largest absolute Gasteiger partial charge is 0.497 e. The fourth-order valence-corrected chi connectivity index (χ4v) is 2.70. The molecule has 4 nitrogen and oxygen atoms in total. The third-order valence-corrected chi connectivity index (χ3v) is 4.35. The number of halogens is 1. The van der Waals surface area contributed by atoms with Crippen LogP contribution in [-0.2, 0) is 10.1 Å². The molecule has 2 rings (SSSR count). The number of methoxy groups -OCH3 is 1. The smallest absolute Gasteiger partial charge is 0.339 e. The first-order valence-electron chi connectivity index (χ1n) is 5.35. The van der Waals surface area contributed by atoms with E-state index in [1.54, 1.807) is 36.4 Å². The van der Waals surface area contributed by atoms with E-state index in [9.17, 15) is 8.42 Å². The van der Waals surface area contributed by atoms with E-state index in [2.05, 4.69) is 22.6 Å². The molecule has 2 aromatic rings. The number of hydrogen-bond donors (Lipinski definition) is 0. The molecule has 0 radical (unpaired) electrons. The maximum absolute atomic E-state index is 12.0. The number of rotatable bonds is 4. The van der Waals surface area contributed by atoms with Crippen LogP contribution in [0.15, 0.2) is 53.4 Å². The van der Waals surface area contributed by atoms with E-state index in [1.807, 2.05) is 0 Å². The molecule has 2 aromatic carbocycles.